The fourth-order valence-corrected chi connectivity index (χ4v) is 1.67. The summed E-state index contributed by atoms with van der Waals surface area (Å²) in [6, 6.07) is 4.10. The van der Waals surface area contributed by atoms with Gasteiger partial charge in [-0.2, -0.15) is 5.26 Å². The fourth-order valence-electron chi connectivity index (χ4n) is 1.67. The maximum Gasteiger partial charge on any atom is 0.134 e. The molecule has 0 fully saturated rings. The van der Waals surface area contributed by atoms with Crippen molar-refractivity contribution in [1.29, 1.82) is 5.26 Å². The molecule has 0 aliphatic rings. The highest BCUT2D eigenvalue weighted by Crippen LogP contribution is 2.18. The lowest BCUT2D eigenvalue weighted by molar-refractivity contribution is 0.719. The molecule has 19 heavy (non-hydrogen) atoms. The lowest BCUT2D eigenvalue weighted by atomic mass is 10.1. The van der Waals surface area contributed by atoms with Crippen molar-refractivity contribution in [2.75, 3.05) is 23.8 Å². The molecule has 0 aromatic carbocycles. The summed E-state index contributed by atoms with van der Waals surface area (Å²) < 4.78 is 0. The van der Waals surface area contributed by atoms with Gasteiger partial charge >= 0.3 is 0 Å². The summed E-state index contributed by atoms with van der Waals surface area (Å²) in [6.45, 7) is 8.65. The molecule has 0 saturated carbocycles. The highest BCUT2D eigenvalue weighted by molar-refractivity contribution is 5.50. The van der Waals surface area contributed by atoms with Crippen molar-refractivity contribution >= 4 is 11.6 Å². The number of aryl methyl sites for hydroxylation is 1. The molecule has 0 radical (unpaired) electrons. The van der Waals surface area contributed by atoms with Gasteiger partial charge < -0.3 is 10.2 Å². The van der Waals surface area contributed by atoms with Crippen molar-refractivity contribution in [2.24, 2.45) is 0 Å². The van der Waals surface area contributed by atoms with Crippen LogP contribution < -0.4 is 10.2 Å². The third-order valence-electron chi connectivity index (χ3n) is 2.78. The molecule has 1 aromatic rings. The molecule has 1 aromatic heterocycles. The zero-order chi connectivity index (χ0) is 14.5. The summed E-state index contributed by atoms with van der Waals surface area (Å²) in [5, 5.41) is 12.2. The molecule has 104 valence electrons. The Morgan fingerprint density at radius 1 is 1.42 bits per heavy atom. The molecule has 0 aliphatic heterocycles. The summed E-state index contributed by atoms with van der Waals surface area (Å²) >= 11 is 0. The summed E-state index contributed by atoms with van der Waals surface area (Å²) in [5.41, 5.74) is -0.639. The molecule has 0 atom stereocenters. The first kappa shape index (κ1) is 15.2. The topological polar surface area (TPSA) is 64.8 Å². The molecule has 1 rings (SSSR count). The van der Waals surface area contributed by atoms with Crippen LogP contribution in [0.2, 0.25) is 0 Å². The van der Waals surface area contributed by atoms with Gasteiger partial charge in [-0.15, -0.1) is 0 Å². The average molecular weight is 261 g/mol. The van der Waals surface area contributed by atoms with Crippen LogP contribution in [0.3, 0.4) is 0 Å². The fraction of sp³-hybridized carbons (Fsp3) is 0.643. The van der Waals surface area contributed by atoms with Gasteiger partial charge in [0.25, 0.3) is 0 Å². The Balaban J connectivity index is 2.91. The zero-order valence-corrected chi connectivity index (χ0v) is 12.5. The van der Waals surface area contributed by atoms with Crippen molar-refractivity contribution in [2.45, 2.75) is 46.1 Å². The number of hydrogen-bond acceptors (Lipinski definition) is 5. The molecular weight excluding hydrogens is 238 g/mol. The van der Waals surface area contributed by atoms with Gasteiger partial charge in [0.2, 0.25) is 0 Å². The number of rotatable bonds is 6. The highest BCUT2D eigenvalue weighted by atomic mass is 15.2. The first-order valence-corrected chi connectivity index (χ1v) is 6.64. The summed E-state index contributed by atoms with van der Waals surface area (Å²) in [7, 11) is 2.02. The molecule has 1 heterocycles. The molecule has 5 heteroatoms. The van der Waals surface area contributed by atoms with Gasteiger partial charge in [-0.25, -0.2) is 9.97 Å². The number of nitrogens with zero attached hydrogens (tertiary/aromatic N) is 4. The molecule has 0 bridgehead atoms. The standard InChI is InChI=1S/C14H23N5/c1-6-7-8-19(5)13-9-12(16-11(2)17-13)18-14(3,4)10-15/h9H,6-8H2,1-5H3,(H,16,17,18). The van der Waals surface area contributed by atoms with Crippen LogP contribution in [-0.2, 0) is 0 Å². The normalized spacial score (nSPS) is 10.9. The van der Waals surface area contributed by atoms with Crippen molar-refractivity contribution in [3.05, 3.63) is 11.9 Å². The lowest BCUT2D eigenvalue weighted by Crippen LogP contribution is -2.29. The predicted molar refractivity (Wildman–Crippen MR) is 78.3 cm³/mol. The van der Waals surface area contributed by atoms with E-state index in [9.17, 15) is 0 Å². The summed E-state index contributed by atoms with van der Waals surface area (Å²) in [6.07, 6.45) is 2.28. The number of unbranched alkanes of at least 4 members (excludes halogenated alkanes) is 1. The van der Waals surface area contributed by atoms with Gasteiger partial charge in [-0.1, -0.05) is 13.3 Å². The Morgan fingerprint density at radius 2 is 2.11 bits per heavy atom. The van der Waals surface area contributed by atoms with E-state index in [4.69, 9.17) is 5.26 Å². The Kier molecular flexibility index (Phi) is 5.11. The van der Waals surface area contributed by atoms with Gasteiger partial charge in [0.1, 0.15) is 23.0 Å². The van der Waals surface area contributed by atoms with E-state index < -0.39 is 5.54 Å². The van der Waals surface area contributed by atoms with Crippen LogP contribution in [0.15, 0.2) is 6.07 Å². The minimum atomic E-state index is -0.639. The lowest BCUT2D eigenvalue weighted by Gasteiger charge is -2.22. The van der Waals surface area contributed by atoms with Crippen LogP contribution >= 0.6 is 0 Å². The summed E-state index contributed by atoms with van der Waals surface area (Å²) in [4.78, 5) is 10.9. The van der Waals surface area contributed by atoms with E-state index in [1.165, 1.54) is 0 Å². The molecule has 5 nitrogen and oxygen atoms in total. The predicted octanol–water partition coefficient (Wildman–Crippen LogP) is 2.74. The van der Waals surface area contributed by atoms with E-state index >= 15 is 0 Å². The zero-order valence-electron chi connectivity index (χ0n) is 12.5. The van der Waals surface area contributed by atoms with Crippen molar-refractivity contribution in [1.82, 2.24) is 9.97 Å². The van der Waals surface area contributed by atoms with E-state index in [0.29, 0.717) is 11.6 Å². The van der Waals surface area contributed by atoms with Gasteiger partial charge in [0.05, 0.1) is 6.07 Å². The van der Waals surface area contributed by atoms with Crippen molar-refractivity contribution in [3.63, 3.8) is 0 Å². The smallest absolute Gasteiger partial charge is 0.134 e. The summed E-state index contributed by atoms with van der Waals surface area (Å²) in [5.74, 6) is 2.28. The molecule has 0 unspecified atom stereocenters. The van der Waals surface area contributed by atoms with E-state index in [-0.39, 0.29) is 0 Å². The largest absolute Gasteiger partial charge is 0.360 e. The first-order chi connectivity index (χ1) is 8.88. The van der Waals surface area contributed by atoms with E-state index in [1.54, 1.807) is 0 Å². The van der Waals surface area contributed by atoms with Crippen molar-refractivity contribution in [3.8, 4) is 6.07 Å². The van der Waals surface area contributed by atoms with Crippen molar-refractivity contribution < 1.29 is 0 Å². The van der Waals surface area contributed by atoms with Gasteiger partial charge in [-0.3, -0.25) is 0 Å². The van der Waals surface area contributed by atoms with Gasteiger partial charge in [0, 0.05) is 19.7 Å². The number of aromatic nitrogens is 2. The van der Waals surface area contributed by atoms with Crippen LogP contribution in [0.25, 0.3) is 0 Å². The maximum atomic E-state index is 9.05. The van der Waals surface area contributed by atoms with E-state index in [2.05, 4.69) is 33.2 Å². The highest BCUT2D eigenvalue weighted by Gasteiger charge is 2.17. The second-order valence-electron chi connectivity index (χ2n) is 5.30. The van der Waals surface area contributed by atoms with Crippen LogP contribution in [-0.4, -0.2) is 29.1 Å². The third-order valence-corrected chi connectivity index (χ3v) is 2.78. The molecule has 0 spiro atoms. The average Bonchev–Trinajstić information content (AvgIpc) is 2.34. The third kappa shape index (κ3) is 4.74. The molecular formula is C14H23N5. The Hall–Kier alpha value is -1.83. The molecule has 0 aliphatic carbocycles. The Labute approximate surface area is 115 Å². The number of hydrogen-bond donors (Lipinski definition) is 1. The Morgan fingerprint density at radius 3 is 2.68 bits per heavy atom. The van der Waals surface area contributed by atoms with Crippen LogP contribution in [0.4, 0.5) is 11.6 Å². The second-order valence-corrected chi connectivity index (χ2v) is 5.30. The maximum absolute atomic E-state index is 9.05. The monoisotopic (exact) mass is 261 g/mol. The Bertz CT molecular complexity index is 461. The number of nitrogens with one attached hydrogen (secondary N) is 1. The molecule has 1 N–H and O–H groups in total. The first-order valence-electron chi connectivity index (χ1n) is 6.64. The van der Waals surface area contributed by atoms with Crippen LogP contribution in [0.5, 0.6) is 0 Å². The van der Waals surface area contributed by atoms with E-state index in [0.717, 1.165) is 25.2 Å². The van der Waals surface area contributed by atoms with Gasteiger partial charge in [0.15, 0.2) is 0 Å². The quantitative estimate of drug-likeness (QED) is 0.853. The minimum absolute atomic E-state index is 0.639. The number of anilines is 2. The van der Waals surface area contributed by atoms with E-state index in [1.807, 2.05) is 33.9 Å². The minimum Gasteiger partial charge on any atom is -0.360 e. The van der Waals surface area contributed by atoms with Crippen LogP contribution in [0, 0.1) is 18.3 Å². The van der Waals surface area contributed by atoms with Gasteiger partial charge in [-0.05, 0) is 27.2 Å². The number of nitriles is 1. The molecule has 0 saturated heterocycles. The molecule has 0 amide bonds. The second kappa shape index (κ2) is 6.37. The SMILES string of the molecule is CCCCN(C)c1cc(NC(C)(C)C#N)nc(C)n1. The van der Waals surface area contributed by atoms with Crippen LogP contribution in [0.1, 0.15) is 39.4 Å².